The Morgan fingerprint density at radius 1 is 1.47 bits per heavy atom. The number of carboxylic acids is 1. The van der Waals surface area contributed by atoms with Crippen molar-refractivity contribution in [1.82, 2.24) is 0 Å². The quantitative estimate of drug-likeness (QED) is 0.819. The van der Waals surface area contributed by atoms with Crippen LogP contribution in [0.2, 0.25) is 0 Å². The fourth-order valence-corrected chi connectivity index (χ4v) is 1.39. The van der Waals surface area contributed by atoms with Crippen LogP contribution in [0, 0.1) is 17.7 Å². The smallest absolute Gasteiger partial charge is 0.338 e. The predicted octanol–water partition coefficient (Wildman–Crippen LogP) is 2.16. The van der Waals surface area contributed by atoms with E-state index in [0.29, 0.717) is 11.3 Å². The minimum Gasteiger partial charge on any atom is -0.478 e. The zero-order valence-electron chi connectivity index (χ0n) is 8.99. The molecule has 0 unspecified atom stereocenters. The normalized spacial score (nSPS) is 9.29. The summed E-state index contributed by atoms with van der Waals surface area (Å²) in [6.45, 7) is 1.44. The number of aromatic carboxylic acids is 1. The number of thioether (sulfide) groups is 1. The molecule has 88 valence electrons. The summed E-state index contributed by atoms with van der Waals surface area (Å²) in [7, 11) is 0. The zero-order chi connectivity index (χ0) is 12.8. The number of carboxylic acid groups (broad SMARTS) is 1. The van der Waals surface area contributed by atoms with Crippen LogP contribution in [-0.2, 0) is 4.79 Å². The van der Waals surface area contributed by atoms with E-state index < -0.39 is 17.3 Å². The highest BCUT2D eigenvalue weighted by molar-refractivity contribution is 8.13. The topological polar surface area (TPSA) is 54.4 Å². The van der Waals surface area contributed by atoms with E-state index in [-0.39, 0.29) is 5.12 Å². The molecular weight excluding hydrogens is 243 g/mol. The first kappa shape index (κ1) is 13.3. The van der Waals surface area contributed by atoms with Gasteiger partial charge in [-0.25, -0.2) is 9.18 Å². The third-order valence-electron chi connectivity index (χ3n) is 1.78. The van der Waals surface area contributed by atoms with Crippen molar-refractivity contribution in [3.8, 4) is 11.8 Å². The average molecular weight is 252 g/mol. The van der Waals surface area contributed by atoms with Gasteiger partial charge in [0, 0.05) is 12.5 Å². The molecular formula is C12H9FO3S. The molecule has 1 aromatic rings. The fourth-order valence-electron chi connectivity index (χ4n) is 1.04. The van der Waals surface area contributed by atoms with Crippen molar-refractivity contribution in [2.24, 2.45) is 0 Å². The maximum absolute atomic E-state index is 13.0. The van der Waals surface area contributed by atoms with Crippen LogP contribution in [0.4, 0.5) is 4.39 Å². The Balaban J connectivity index is 2.82. The molecule has 0 bridgehead atoms. The Kier molecular flexibility index (Phi) is 4.73. The van der Waals surface area contributed by atoms with Gasteiger partial charge < -0.3 is 5.11 Å². The van der Waals surface area contributed by atoms with Gasteiger partial charge in [-0.1, -0.05) is 23.6 Å². The van der Waals surface area contributed by atoms with Crippen LogP contribution < -0.4 is 0 Å². The van der Waals surface area contributed by atoms with Crippen molar-refractivity contribution in [3.05, 3.63) is 35.1 Å². The average Bonchev–Trinajstić information content (AvgIpc) is 2.25. The van der Waals surface area contributed by atoms with Gasteiger partial charge in [0.1, 0.15) is 5.82 Å². The third-order valence-corrected chi connectivity index (χ3v) is 2.47. The zero-order valence-corrected chi connectivity index (χ0v) is 9.81. The summed E-state index contributed by atoms with van der Waals surface area (Å²) in [5.41, 5.74) is 0.00368. The van der Waals surface area contributed by atoms with E-state index in [1.807, 2.05) is 0 Å². The second kappa shape index (κ2) is 6.06. The van der Waals surface area contributed by atoms with Gasteiger partial charge >= 0.3 is 5.97 Å². The van der Waals surface area contributed by atoms with Gasteiger partial charge in [0.15, 0.2) is 5.12 Å². The molecule has 17 heavy (non-hydrogen) atoms. The molecule has 0 aromatic heterocycles. The van der Waals surface area contributed by atoms with Crippen LogP contribution in [0.3, 0.4) is 0 Å². The van der Waals surface area contributed by atoms with Crippen LogP contribution in [-0.4, -0.2) is 21.9 Å². The minimum atomic E-state index is -1.33. The summed E-state index contributed by atoms with van der Waals surface area (Å²) < 4.78 is 13.0. The van der Waals surface area contributed by atoms with Crippen molar-refractivity contribution in [2.45, 2.75) is 6.92 Å². The van der Waals surface area contributed by atoms with E-state index in [2.05, 4.69) is 11.8 Å². The van der Waals surface area contributed by atoms with Gasteiger partial charge in [-0.3, -0.25) is 4.79 Å². The highest BCUT2D eigenvalue weighted by Gasteiger charge is 2.09. The summed E-state index contributed by atoms with van der Waals surface area (Å²) in [6.07, 6.45) is 0. The summed E-state index contributed by atoms with van der Waals surface area (Å²) in [6, 6.07) is 3.63. The van der Waals surface area contributed by atoms with E-state index in [4.69, 9.17) is 5.11 Å². The molecule has 0 saturated carbocycles. The van der Waals surface area contributed by atoms with Crippen LogP contribution in [0.15, 0.2) is 18.2 Å². The predicted molar refractivity (Wildman–Crippen MR) is 63.4 cm³/mol. The number of carbonyl (C=O) groups is 2. The van der Waals surface area contributed by atoms with Gasteiger partial charge in [-0.2, -0.15) is 0 Å². The SMILES string of the molecule is CC(=O)SCC#Cc1ccc(F)c(C(=O)O)c1. The van der Waals surface area contributed by atoms with Crippen LogP contribution in [0.1, 0.15) is 22.8 Å². The van der Waals surface area contributed by atoms with Crippen LogP contribution in [0.25, 0.3) is 0 Å². The molecule has 0 atom stereocenters. The second-order valence-corrected chi connectivity index (χ2v) is 4.23. The van der Waals surface area contributed by atoms with Gasteiger partial charge in [0.2, 0.25) is 0 Å². The Hall–Kier alpha value is -1.80. The van der Waals surface area contributed by atoms with Gasteiger partial charge in [0.25, 0.3) is 0 Å². The summed E-state index contributed by atoms with van der Waals surface area (Å²) in [5.74, 6) is 3.57. The van der Waals surface area contributed by atoms with Crippen LogP contribution >= 0.6 is 11.8 Å². The number of hydrogen-bond donors (Lipinski definition) is 1. The Morgan fingerprint density at radius 2 is 2.18 bits per heavy atom. The lowest BCUT2D eigenvalue weighted by Gasteiger charge is -1.97. The maximum atomic E-state index is 13.0. The third kappa shape index (κ3) is 4.29. The van der Waals surface area contributed by atoms with Crippen molar-refractivity contribution in [2.75, 3.05) is 5.75 Å². The summed E-state index contributed by atoms with van der Waals surface area (Å²) in [4.78, 5) is 21.3. The molecule has 1 rings (SSSR count). The lowest BCUT2D eigenvalue weighted by molar-refractivity contribution is -0.109. The van der Waals surface area contributed by atoms with Crippen molar-refractivity contribution in [1.29, 1.82) is 0 Å². The lowest BCUT2D eigenvalue weighted by atomic mass is 10.1. The second-order valence-electron chi connectivity index (χ2n) is 3.08. The highest BCUT2D eigenvalue weighted by atomic mass is 32.2. The van der Waals surface area contributed by atoms with E-state index in [1.165, 1.54) is 19.1 Å². The number of carbonyl (C=O) groups excluding carboxylic acids is 1. The van der Waals surface area contributed by atoms with Crippen LogP contribution in [0.5, 0.6) is 0 Å². The fraction of sp³-hybridized carbons (Fsp3) is 0.167. The van der Waals surface area contributed by atoms with Crippen molar-refractivity contribution >= 4 is 22.8 Å². The number of rotatable bonds is 2. The molecule has 0 aliphatic rings. The molecule has 0 amide bonds. The minimum absolute atomic E-state index is 0.0374. The Bertz CT molecular complexity index is 514. The molecule has 0 spiro atoms. The Morgan fingerprint density at radius 3 is 2.76 bits per heavy atom. The highest BCUT2D eigenvalue weighted by Crippen LogP contribution is 2.10. The van der Waals surface area contributed by atoms with E-state index in [9.17, 15) is 14.0 Å². The molecule has 3 nitrogen and oxygen atoms in total. The van der Waals surface area contributed by atoms with Crippen molar-refractivity contribution < 1.29 is 19.1 Å². The lowest BCUT2D eigenvalue weighted by Crippen LogP contribution is -2.00. The van der Waals surface area contributed by atoms with E-state index in [0.717, 1.165) is 17.8 Å². The largest absolute Gasteiger partial charge is 0.478 e. The summed E-state index contributed by atoms with van der Waals surface area (Å²) in [5, 5.41) is 8.66. The molecule has 0 fully saturated rings. The Labute approximate surface area is 102 Å². The molecule has 0 radical (unpaired) electrons. The molecule has 0 heterocycles. The molecule has 0 saturated heterocycles. The summed E-state index contributed by atoms with van der Waals surface area (Å²) >= 11 is 1.06. The molecule has 0 aliphatic carbocycles. The number of halogens is 1. The van der Waals surface area contributed by atoms with Gasteiger partial charge in [-0.15, -0.1) is 0 Å². The standard InChI is InChI=1S/C12H9FO3S/c1-8(14)17-6-2-3-9-4-5-11(13)10(7-9)12(15)16/h4-5,7H,6H2,1H3,(H,15,16). The molecule has 1 aromatic carbocycles. The first-order valence-corrected chi connectivity index (χ1v) is 5.64. The molecule has 1 N–H and O–H groups in total. The first-order valence-electron chi connectivity index (χ1n) is 4.66. The number of hydrogen-bond acceptors (Lipinski definition) is 3. The first-order chi connectivity index (χ1) is 8.00. The molecule has 5 heteroatoms. The van der Waals surface area contributed by atoms with E-state index in [1.54, 1.807) is 0 Å². The van der Waals surface area contributed by atoms with E-state index >= 15 is 0 Å². The monoisotopic (exact) mass is 252 g/mol. The van der Waals surface area contributed by atoms with Gasteiger partial charge in [-0.05, 0) is 18.2 Å². The van der Waals surface area contributed by atoms with Crippen molar-refractivity contribution in [3.63, 3.8) is 0 Å². The molecule has 0 aliphatic heterocycles. The number of benzene rings is 1. The maximum Gasteiger partial charge on any atom is 0.338 e. The van der Waals surface area contributed by atoms with Gasteiger partial charge in [0.05, 0.1) is 11.3 Å².